The monoisotopic (exact) mass is 331 g/mol. The molecule has 0 bridgehead atoms. The van der Waals surface area contributed by atoms with Crippen LogP contribution in [0.5, 0.6) is 5.75 Å². The molecule has 0 atom stereocenters. The third-order valence-electron chi connectivity index (χ3n) is 2.87. The molecule has 0 aliphatic carbocycles. The topological polar surface area (TPSA) is 78.1 Å². The summed E-state index contributed by atoms with van der Waals surface area (Å²) in [5, 5.41) is -0.594. The maximum atomic E-state index is 14.1. The van der Waals surface area contributed by atoms with Gasteiger partial charge in [-0.25, -0.2) is 22.9 Å². The van der Waals surface area contributed by atoms with Crippen LogP contribution in [0.1, 0.15) is 28.0 Å². The number of rotatable bonds is 3. The smallest absolute Gasteiger partial charge is 0.364 e. The fourth-order valence-corrected chi connectivity index (χ4v) is 1.96. The van der Waals surface area contributed by atoms with Gasteiger partial charge in [-0.05, 0) is 12.5 Å². The van der Waals surface area contributed by atoms with Crippen molar-refractivity contribution in [2.75, 3.05) is 5.73 Å². The lowest BCUT2D eigenvalue weighted by molar-refractivity contribution is 0.0708. The zero-order chi connectivity index (χ0) is 16.4. The number of hydrogen-bond donors (Lipinski definition) is 1. The van der Waals surface area contributed by atoms with Crippen LogP contribution in [0, 0.1) is 12.7 Å². The Bertz CT molecular complexity index is 726. The maximum Gasteiger partial charge on any atom is 0.364 e. The van der Waals surface area contributed by atoms with Crippen LogP contribution in [0.3, 0.4) is 0 Å². The molecule has 22 heavy (non-hydrogen) atoms. The molecule has 0 aliphatic heterocycles. The molecule has 0 saturated carbocycles. The summed E-state index contributed by atoms with van der Waals surface area (Å²) >= 11 is 5.63. The van der Waals surface area contributed by atoms with E-state index < -0.39 is 34.5 Å². The molecule has 116 valence electrons. The molecule has 0 spiro atoms. The molecule has 0 aliphatic rings. The van der Waals surface area contributed by atoms with Gasteiger partial charge in [-0.3, -0.25) is 4.98 Å². The average molecular weight is 332 g/mol. The average Bonchev–Trinajstić information content (AvgIpc) is 2.51. The van der Waals surface area contributed by atoms with Gasteiger partial charge in [-0.1, -0.05) is 11.6 Å². The van der Waals surface area contributed by atoms with Crippen LogP contribution in [0.4, 0.5) is 18.9 Å². The van der Waals surface area contributed by atoms with Crippen LogP contribution in [0.25, 0.3) is 0 Å². The number of esters is 1. The Morgan fingerprint density at radius 1 is 1.41 bits per heavy atom. The predicted octanol–water partition coefficient (Wildman–Crippen LogP) is 3.32. The van der Waals surface area contributed by atoms with Crippen molar-refractivity contribution >= 4 is 23.3 Å². The quantitative estimate of drug-likeness (QED) is 0.530. The highest BCUT2D eigenvalue weighted by atomic mass is 35.5. The van der Waals surface area contributed by atoms with Gasteiger partial charge in [0.1, 0.15) is 5.02 Å². The van der Waals surface area contributed by atoms with Crippen LogP contribution in [-0.2, 0) is 0 Å². The molecule has 2 aromatic rings. The standard InChI is InChI=1S/C13H9ClF3N3O2/c1-5-7(12(16)17)11(9(15)8(14)10(5)18)22-13(21)6-4-19-2-3-20-6/h2-4,12H,18H2,1H3. The van der Waals surface area contributed by atoms with Crippen LogP contribution in [0.2, 0.25) is 5.02 Å². The van der Waals surface area contributed by atoms with Crippen LogP contribution in [-0.4, -0.2) is 15.9 Å². The number of nitrogen functional groups attached to an aromatic ring is 1. The first-order valence-electron chi connectivity index (χ1n) is 5.87. The number of alkyl halides is 2. The number of anilines is 1. The van der Waals surface area contributed by atoms with E-state index in [1.165, 1.54) is 19.3 Å². The molecule has 0 radical (unpaired) electrons. The highest BCUT2D eigenvalue weighted by Crippen LogP contribution is 2.42. The minimum atomic E-state index is -3.11. The number of carbonyl (C=O) groups excluding carboxylic acids is 1. The zero-order valence-electron chi connectivity index (χ0n) is 11.1. The number of benzene rings is 1. The lowest BCUT2D eigenvalue weighted by Gasteiger charge is -2.16. The van der Waals surface area contributed by atoms with Gasteiger partial charge in [0.15, 0.2) is 17.3 Å². The Morgan fingerprint density at radius 3 is 2.64 bits per heavy atom. The Hall–Kier alpha value is -2.35. The molecule has 2 rings (SSSR count). The Labute approximate surface area is 127 Å². The minimum absolute atomic E-state index is 0.164. The third-order valence-corrected chi connectivity index (χ3v) is 3.24. The number of aromatic nitrogens is 2. The fourth-order valence-electron chi connectivity index (χ4n) is 1.73. The van der Waals surface area contributed by atoms with Gasteiger partial charge in [0.05, 0.1) is 17.4 Å². The van der Waals surface area contributed by atoms with E-state index in [0.717, 1.165) is 6.20 Å². The molecule has 5 nitrogen and oxygen atoms in total. The van der Waals surface area contributed by atoms with Crippen LogP contribution < -0.4 is 10.5 Å². The Balaban J connectivity index is 2.53. The van der Waals surface area contributed by atoms with Crippen LogP contribution >= 0.6 is 11.6 Å². The van der Waals surface area contributed by atoms with Crippen molar-refractivity contribution in [2.45, 2.75) is 13.3 Å². The molecule has 0 amide bonds. The van der Waals surface area contributed by atoms with Gasteiger partial charge in [-0.15, -0.1) is 0 Å². The summed E-state index contributed by atoms with van der Waals surface area (Å²) in [6.07, 6.45) is 0.432. The molecule has 1 aromatic heterocycles. The second kappa shape index (κ2) is 6.18. The normalized spacial score (nSPS) is 10.8. The van der Waals surface area contributed by atoms with Gasteiger partial charge < -0.3 is 10.5 Å². The largest absolute Gasteiger partial charge is 0.418 e. The van der Waals surface area contributed by atoms with Crippen molar-refractivity contribution in [2.24, 2.45) is 0 Å². The summed E-state index contributed by atoms with van der Waals surface area (Å²) in [6, 6.07) is 0. The molecular weight excluding hydrogens is 323 g/mol. The van der Waals surface area contributed by atoms with E-state index in [9.17, 15) is 18.0 Å². The summed E-state index contributed by atoms with van der Waals surface area (Å²) in [4.78, 5) is 19.1. The highest BCUT2D eigenvalue weighted by molar-refractivity contribution is 6.33. The van der Waals surface area contributed by atoms with Crippen molar-refractivity contribution in [3.8, 4) is 5.75 Å². The Kier molecular flexibility index (Phi) is 4.51. The van der Waals surface area contributed by atoms with Crippen molar-refractivity contribution in [1.82, 2.24) is 9.97 Å². The first-order chi connectivity index (χ1) is 10.3. The molecule has 1 heterocycles. The molecular formula is C13H9ClF3N3O2. The number of halogens is 4. The molecule has 1 aromatic carbocycles. The summed E-state index contributed by atoms with van der Waals surface area (Å²) in [6.45, 7) is 1.22. The van der Waals surface area contributed by atoms with E-state index in [4.69, 9.17) is 22.1 Å². The van der Waals surface area contributed by atoms with Gasteiger partial charge >= 0.3 is 5.97 Å². The van der Waals surface area contributed by atoms with E-state index >= 15 is 0 Å². The van der Waals surface area contributed by atoms with Gasteiger partial charge in [0.2, 0.25) is 0 Å². The summed E-state index contributed by atoms with van der Waals surface area (Å²) < 4.78 is 45.1. The van der Waals surface area contributed by atoms with Gasteiger partial charge in [0.25, 0.3) is 6.43 Å². The second-order valence-electron chi connectivity index (χ2n) is 4.19. The number of hydrogen-bond acceptors (Lipinski definition) is 5. The maximum absolute atomic E-state index is 14.1. The van der Waals surface area contributed by atoms with Crippen molar-refractivity contribution in [1.29, 1.82) is 0 Å². The lowest BCUT2D eigenvalue weighted by atomic mass is 10.1. The number of nitrogens with zero attached hydrogens (tertiary/aromatic N) is 2. The molecule has 9 heteroatoms. The lowest BCUT2D eigenvalue weighted by Crippen LogP contribution is -2.15. The third kappa shape index (κ3) is 2.82. The molecule has 0 fully saturated rings. The first kappa shape index (κ1) is 16.0. The van der Waals surface area contributed by atoms with Gasteiger partial charge in [0, 0.05) is 12.4 Å². The van der Waals surface area contributed by atoms with Crippen molar-refractivity contribution < 1.29 is 22.7 Å². The van der Waals surface area contributed by atoms with E-state index in [2.05, 4.69) is 9.97 Å². The van der Waals surface area contributed by atoms with Crippen molar-refractivity contribution in [3.63, 3.8) is 0 Å². The predicted molar refractivity (Wildman–Crippen MR) is 72.5 cm³/mol. The SMILES string of the molecule is Cc1c(N)c(Cl)c(F)c(OC(=O)c2cnccn2)c1C(F)F. The van der Waals surface area contributed by atoms with E-state index in [1.807, 2.05) is 0 Å². The van der Waals surface area contributed by atoms with Crippen molar-refractivity contribution in [3.05, 3.63) is 46.3 Å². The molecule has 0 unspecified atom stereocenters. The molecule has 2 N–H and O–H groups in total. The fraction of sp³-hybridized carbons (Fsp3) is 0.154. The highest BCUT2D eigenvalue weighted by Gasteiger charge is 2.28. The summed E-state index contributed by atoms with van der Waals surface area (Å²) in [5.74, 6) is -3.45. The molecule has 0 saturated heterocycles. The second-order valence-corrected chi connectivity index (χ2v) is 4.57. The number of ether oxygens (including phenoxy) is 1. The van der Waals surface area contributed by atoms with Crippen LogP contribution in [0.15, 0.2) is 18.6 Å². The van der Waals surface area contributed by atoms with E-state index in [1.54, 1.807) is 0 Å². The number of carbonyl (C=O) groups is 1. The first-order valence-corrected chi connectivity index (χ1v) is 6.25. The van der Waals surface area contributed by atoms with E-state index in [-0.39, 0.29) is 16.9 Å². The summed E-state index contributed by atoms with van der Waals surface area (Å²) in [7, 11) is 0. The summed E-state index contributed by atoms with van der Waals surface area (Å²) in [5.41, 5.74) is 3.85. The minimum Gasteiger partial charge on any atom is -0.418 e. The number of nitrogens with two attached hydrogens (primary N) is 1. The van der Waals surface area contributed by atoms with Gasteiger partial charge in [-0.2, -0.15) is 0 Å². The van der Waals surface area contributed by atoms with E-state index in [0.29, 0.717) is 0 Å². The Morgan fingerprint density at radius 2 is 2.09 bits per heavy atom. The zero-order valence-corrected chi connectivity index (χ0v) is 11.9.